The van der Waals surface area contributed by atoms with Crippen molar-refractivity contribution in [3.8, 4) is 16.9 Å². The summed E-state index contributed by atoms with van der Waals surface area (Å²) in [5.41, 5.74) is 5.73. The summed E-state index contributed by atoms with van der Waals surface area (Å²) in [5, 5.41) is 0.782. The highest BCUT2D eigenvalue weighted by Gasteiger charge is 2.33. The van der Waals surface area contributed by atoms with Crippen molar-refractivity contribution >= 4 is 22.8 Å². The molecule has 1 saturated heterocycles. The summed E-state index contributed by atoms with van der Waals surface area (Å²) in [4.78, 5) is 57.8. The smallest absolute Gasteiger partial charge is 0.350 e. The van der Waals surface area contributed by atoms with E-state index in [1.54, 1.807) is 27.3 Å². The van der Waals surface area contributed by atoms with Crippen LogP contribution >= 0.6 is 0 Å². The summed E-state index contributed by atoms with van der Waals surface area (Å²) in [6.45, 7) is 15.1. The molecule has 0 spiro atoms. The number of nitrogens with zero attached hydrogens (tertiary/aromatic N) is 7. The van der Waals surface area contributed by atoms with E-state index >= 15 is 0 Å². The number of fused-ring (bicyclic) bond motifs is 1. The lowest BCUT2D eigenvalue weighted by atomic mass is 10.00. The summed E-state index contributed by atoms with van der Waals surface area (Å²) in [7, 11) is 1.75. The molecule has 2 fully saturated rings. The third-order valence-electron chi connectivity index (χ3n) is 8.84. The van der Waals surface area contributed by atoms with Gasteiger partial charge in [-0.2, -0.15) is 4.98 Å². The van der Waals surface area contributed by atoms with E-state index in [4.69, 9.17) is 9.97 Å². The van der Waals surface area contributed by atoms with Gasteiger partial charge in [-0.1, -0.05) is 20.4 Å². The number of piperazine rings is 1. The predicted octanol–water partition coefficient (Wildman–Crippen LogP) is 4.38. The van der Waals surface area contributed by atoms with Crippen molar-refractivity contribution in [1.29, 1.82) is 0 Å². The predicted molar refractivity (Wildman–Crippen MR) is 173 cm³/mol. The maximum Gasteiger partial charge on any atom is 0.355 e. The lowest BCUT2D eigenvalue weighted by Crippen LogP contribution is -2.54. The van der Waals surface area contributed by atoms with Crippen LogP contribution in [0.2, 0.25) is 0 Å². The molecule has 1 atom stereocenters. The Kier molecular flexibility index (Phi) is 7.47. The van der Waals surface area contributed by atoms with E-state index < -0.39 is 5.69 Å². The van der Waals surface area contributed by atoms with E-state index in [2.05, 4.69) is 36.4 Å². The maximum atomic E-state index is 14.2. The lowest BCUT2D eigenvalue weighted by molar-refractivity contribution is -0.126. The average Bonchev–Trinajstić information content (AvgIpc) is 3.84. The number of amides is 1. The van der Waals surface area contributed by atoms with E-state index in [0.717, 1.165) is 46.3 Å². The number of aromatic nitrogens is 5. The van der Waals surface area contributed by atoms with Crippen LogP contribution in [-0.2, 0) is 11.8 Å². The number of aryl methyl sites for hydroxylation is 3. The Hall–Kier alpha value is -4.60. The molecule has 0 bridgehead atoms. The molecule has 228 valence electrons. The minimum Gasteiger partial charge on any atom is -0.350 e. The highest BCUT2D eigenvalue weighted by molar-refractivity contribution is 5.92. The van der Waals surface area contributed by atoms with Gasteiger partial charge in [0.25, 0.3) is 5.56 Å². The zero-order valence-electron chi connectivity index (χ0n) is 26.3. The van der Waals surface area contributed by atoms with Crippen molar-refractivity contribution in [1.82, 2.24) is 29.0 Å². The van der Waals surface area contributed by atoms with E-state index in [1.165, 1.54) is 6.08 Å². The fourth-order valence-corrected chi connectivity index (χ4v) is 6.40. The Morgan fingerprint density at radius 3 is 2.48 bits per heavy atom. The number of anilines is 1. The van der Waals surface area contributed by atoms with E-state index in [9.17, 15) is 14.4 Å². The molecule has 1 saturated carbocycles. The number of hydrogen-bond donors (Lipinski definition) is 0. The SMILES string of the molecule is C=CC(=O)N1CCN(c2nc(=O)n(-c3c(C)ccnc3C(C)C)c3nc(-c4cc(C)c(=O)n(C)c4)c(C4CC4)cc23)C(C)C1. The largest absolute Gasteiger partial charge is 0.355 e. The van der Waals surface area contributed by atoms with Crippen molar-refractivity contribution in [2.24, 2.45) is 7.05 Å². The fraction of sp³-hybridized carbons (Fsp3) is 0.412. The minimum atomic E-state index is -0.434. The Morgan fingerprint density at radius 2 is 1.84 bits per heavy atom. The standard InChI is InChI=1S/C34H39N7O3/c1-8-27(42)39-13-14-40(22(6)17-39)31-26-16-25(23-9-10-23)29(24-15-21(5)33(43)38(7)18-24)36-32(26)41(34(44)37-31)30-20(4)11-12-35-28(30)19(2)3/h8,11-12,15-16,18-19,22-23H,1,9-10,13-14,17H2,2-7H3. The summed E-state index contributed by atoms with van der Waals surface area (Å²) in [6.07, 6.45) is 7.03. The molecular formula is C34H39N7O3. The second kappa shape index (κ2) is 11.2. The van der Waals surface area contributed by atoms with Crippen LogP contribution in [0.1, 0.15) is 67.8 Å². The van der Waals surface area contributed by atoms with Gasteiger partial charge in [0.2, 0.25) is 5.91 Å². The summed E-state index contributed by atoms with van der Waals surface area (Å²) < 4.78 is 3.21. The van der Waals surface area contributed by atoms with Gasteiger partial charge in [0.15, 0.2) is 5.65 Å². The third kappa shape index (κ3) is 5.02. The second-order valence-electron chi connectivity index (χ2n) is 12.5. The molecule has 4 aromatic heterocycles. The van der Waals surface area contributed by atoms with Crippen LogP contribution in [0.3, 0.4) is 0 Å². The fourth-order valence-electron chi connectivity index (χ4n) is 6.40. The first-order valence-corrected chi connectivity index (χ1v) is 15.3. The number of hydrogen-bond acceptors (Lipinski definition) is 7. The van der Waals surface area contributed by atoms with E-state index in [1.807, 2.05) is 39.1 Å². The molecule has 1 aliphatic heterocycles. The molecule has 10 nitrogen and oxygen atoms in total. The van der Waals surface area contributed by atoms with Crippen LogP contribution in [0, 0.1) is 13.8 Å². The molecular weight excluding hydrogens is 554 g/mol. The van der Waals surface area contributed by atoms with Crippen LogP contribution in [0.25, 0.3) is 28.0 Å². The van der Waals surface area contributed by atoms with Crippen molar-refractivity contribution in [2.75, 3.05) is 24.5 Å². The molecule has 1 unspecified atom stereocenters. The number of pyridine rings is 3. The number of carbonyl (C=O) groups excluding carboxylic acids is 1. The molecule has 10 heteroatoms. The van der Waals surface area contributed by atoms with E-state index in [0.29, 0.717) is 48.3 Å². The van der Waals surface area contributed by atoms with Crippen molar-refractivity contribution in [3.63, 3.8) is 0 Å². The maximum absolute atomic E-state index is 14.2. The van der Waals surface area contributed by atoms with Gasteiger partial charge >= 0.3 is 5.69 Å². The Labute approximate surface area is 256 Å². The summed E-state index contributed by atoms with van der Waals surface area (Å²) in [6, 6.07) is 5.86. The first-order chi connectivity index (χ1) is 21.0. The molecule has 1 aliphatic carbocycles. The van der Waals surface area contributed by atoms with Gasteiger partial charge in [0.05, 0.1) is 22.5 Å². The molecule has 0 N–H and O–H groups in total. The first kappa shape index (κ1) is 29.5. The van der Waals surface area contributed by atoms with Gasteiger partial charge < -0.3 is 14.4 Å². The lowest BCUT2D eigenvalue weighted by Gasteiger charge is -2.40. The van der Waals surface area contributed by atoms with Gasteiger partial charge in [-0.05, 0) is 80.9 Å². The zero-order chi connectivity index (χ0) is 31.4. The monoisotopic (exact) mass is 593 g/mol. The van der Waals surface area contributed by atoms with Crippen LogP contribution < -0.4 is 16.1 Å². The van der Waals surface area contributed by atoms with Gasteiger partial charge in [-0.3, -0.25) is 14.6 Å². The topological polar surface area (TPSA) is 106 Å². The summed E-state index contributed by atoms with van der Waals surface area (Å²) >= 11 is 0. The third-order valence-corrected chi connectivity index (χ3v) is 8.84. The summed E-state index contributed by atoms with van der Waals surface area (Å²) in [5.74, 6) is 0.856. The first-order valence-electron chi connectivity index (χ1n) is 15.3. The van der Waals surface area contributed by atoms with Crippen molar-refractivity contribution < 1.29 is 4.79 Å². The Morgan fingerprint density at radius 1 is 1.09 bits per heavy atom. The minimum absolute atomic E-state index is 0.0541. The Balaban J connectivity index is 1.67. The van der Waals surface area contributed by atoms with Crippen LogP contribution in [0.5, 0.6) is 0 Å². The molecule has 4 aromatic rings. The number of carbonyl (C=O) groups is 1. The molecule has 2 aliphatic rings. The van der Waals surface area contributed by atoms with Gasteiger partial charge in [0, 0.05) is 56.2 Å². The second-order valence-corrected chi connectivity index (χ2v) is 12.5. The van der Waals surface area contributed by atoms with Crippen molar-refractivity contribution in [2.45, 2.75) is 65.3 Å². The highest BCUT2D eigenvalue weighted by Crippen LogP contribution is 2.46. The molecule has 6 rings (SSSR count). The highest BCUT2D eigenvalue weighted by atomic mass is 16.2. The molecule has 44 heavy (non-hydrogen) atoms. The van der Waals surface area contributed by atoms with Crippen LogP contribution in [0.15, 0.2) is 52.8 Å². The van der Waals surface area contributed by atoms with Crippen LogP contribution in [-0.4, -0.2) is 60.6 Å². The number of rotatable bonds is 6. The molecule has 0 aromatic carbocycles. The van der Waals surface area contributed by atoms with Crippen LogP contribution in [0.4, 0.5) is 5.82 Å². The van der Waals surface area contributed by atoms with Crippen molar-refractivity contribution in [3.05, 3.63) is 86.5 Å². The van der Waals surface area contributed by atoms with Gasteiger partial charge in [-0.15, -0.1) is 0 Å². The zero-order valence-corrected chi connectivity index (χ0v) is 26.3. The van der Waals surface area contributed by atoms with E-state index in [-0.39, 0.29) is 23.4 Å². The van der Waals surface area contributed by atoms with Gasteiger partial charge in [0.1, 0.15) is 5.82 Å². The average molecular weight is 594 g/mol. The van der Waals surface area contributed by atoms with Gasteiger partial charge in [-0.25, -0.2) is 14.3 Å². The quantitative estimate of drug-likeness (QED) is 0.306. The Bertz CT molecular complexity index is 1910. The molecule has 1 amide bonds. The normalized spacial score (nSPS) is 17.0. The molecule has 5 heterocycles. The molecule has 0 radical (unpaired) electrons.